The van der Waals surface area contributed by atoms with Gasteiger partial charge in [0.1, 0.15) is 16.5 Å². The molecule has 1 rings (SSSR count). The lowest BCUT2D eigenvalue weighted by molar-refractivity contribution is 0.390. The summed E-state index contributed by atoms with van der Waals surface area (Å²) in [7, 11) is 3.25. The first-order valence-electron chi connectivity index (χ1n) is 7.03. The molecule has 0 saturated carbocycles. The van der Waals surface area contributed by atoms with E-state index in [0.29, 0.717) is 10.8 Å². The maximum absolute atomic E-state index is 6.25. The normalized spacial score (nSPS) is 11.5. The molecule has 0 atom stereocenters. The molecular weight excluding hydrogens is 274 g/mol. The number of methoxy groups -OCH3 is 2. The zero-order chi connectivity index (χ0) is 15.2. The molecular formula is C16H26ClNO2. The predicted octanol–water partition coefficient (Wildman–Crippen LogP) is 4.07. The van der Waals surface area contributed by atoms with Crippen LogP contribution in [0, 0.1) is 0 Å². The van der Waals surface area contributed by atoms with Crippen LogP contribution >= 0.6 is 11.6 Å². The lowest BCUT2D eigenvalue weighted by atomic mass is 10.1. The van der Waals surface area contributed by atoms with Crippen LogP contribution in [0.3, 0.4) is 0 Å². The molecule has 1 aromatic rings. The first kappa shape index (κ1) is 17.1. The van der Waals surface area contributed by atoms with Gasteiger partial charge in [0.25, 0.3) is 0 Å². The first-order chi connectivity index (χ1) is 9.39. The summed E-state index contributed by atoms with van der Waals surface area (Å²) < 4.78 is 10.6. The minimum Gasteiger partial charge on any atom is -0.495 e. The highest BCUT2D eigenvalue weighted by Crippen LogP contribution is 2.37. The van der Waals surface area contributed by atoms with Gasteiger partial charge in [0.05, 0.1) is 14.2 Å². The van der Waals surface area contributed by atoms with Gasteiger partial charge in [-0.3, -0.25) is 0 Å². The third-order valence-electron chi connectivity index (χ3n) is 3.10. The summed E-state index contributed by atoms with van der Waals surface area (Å²) in [6.45, 7) is 7.56. The van der Waals surface area contributed by atoms with Crippen molar-refractivity contribution < 1.29 is 9.47 Å². The van der Waals surface area contributed by atoms with Crippen LogP contribution in [0.2, 0.25) is 5.02 Å². The van der Waals surface area contributed by atoms with Gasteiger partial charge in [-0.05, 0) is 58.2 Å². The molecule has 0 bridgehead atoms. The smallest absolute Gasteiger partial charge is 0.144 e. The Labute approximate surface area is 127 Å². The number of nitrogens with one attached hydrogen (secondary N) is 1. The van der Waals surface area contributed by atoms with Crippen LogP contribution in [0.15, 0.2) is 12.1 Å². The second-order valence-corrected chi connectivity index (χ2v) is 6.29. The van der Waals surface area contributed by atoms with Gasteiger partial charge in [-0.2, -0.15) is 0 Å². The van der Waals surface area contributed by atoms with E-state index in [1.807, 2.05) is 12.1 Å². The molecule has 114 valence electrons. The topological polar surface area (TPSA) is 30.5 Å². The molecule has 0 aliphatic heterocycles. The molecule has 1 aromatic carbocycles. The summed E-state index contributed by atoms with van der Waals surface area (Å²) in [5.41, 5.74) is 1.32. The Bertz CT molecular complexity index is 427. The van der Waals surface area contributed by atoms with E-state index in [9.17, 15) is 0 Å². The van der Waals surface area contributed by atoms with Crippen LogP contribution < -0.4 is 14.8 Å². The van der Waals surface area contributed by atoms with Crippen molar-refractivity contribution in [1.82, 2.24) is 5.32 Å². The van der Waals surface area contributed by atoms with Crippen molar-refractivity contribution in [3.05, 3.63) is 22.7 Å². The van der Waals surface area contributed by atoms with Crippen LogP contribution in [0.1, 0.15) is 39.2 Å². The second kappa shape index (κ2) is 7.75. The van der Waals surface area contributed by atoms with Crippen molar-refractivity contribution in [3.8, 4) is 11.5 Å². The lowest BCUT2D eigenvalue weighted by Gasteiger charge is -2.20. The van der Waals surface area contributed by atoms with Gasteiger partial charge in [0.15, 0.2) is 0 Å². The molecule has 0 aromatic heterocycles. The van der Waals surface area contributed by atoms with E-state index in [2.05, 4.69) is 26.1 Å². The highest BCUT2D eigenvalue weighted by Gasteiger charge is 2.13. The molecule has 0 fully saturated rings. The lowest BCUT2D eigenvalue weighted by Crippen LogP contribution is -2.36. The third-order valence-corrected chi connectivity index (χ3v) is 3.45. The number of rotatable bonds is 7. The Morgan fingerprint density at radius 3 is 2.35 bits per heavy atom. The van der Waals surface area contributed by atoms with Crippen molar-refractivity contribution in [1.29, 1.82) is 0 Å². The zero-order valence-corrected chi connectivity index (χ0v) is 13.9. The van der Waals surface area contributed by atoms with Gasteiger partial charge in [-0.25, -0.2) is 0 Å². The fourth-order valence-corrected chi connectivity index (χ4v) is 2.40. The van der Waals surface area contributed by atoms with Gasteiger partial charge in [0.2, 0.25) is 0 Å². The van der Waals surface area contributed by atoms with Crippen molar-refractivity contribution >= 4 is 11.6 Å². The van der Waals surface area contributed by atoms with Gasteiger partial charge >= 0.3 is 0 Å². The molecule has 3 nitrogen and oxygen atoms in total. The quantitative estimate of drug-likeness (QED) is 0.770. The number of halogens is 1. The SMILES string of the molecule is COc1ccc(CCCCNC(C)(C)C)c(OC)c1Cl. The molecule has 0 unspecified atom stereocenters. The van der Waals surface area contributed by atoms with Crippen molar-refractivity contribution in [3.63, 3.8) is 0 Å². The van der Waals surface area contributed by atoms with Crippen molar-refractivity contribution in [2.24, 2.45) is 0 Å². The average Bonchev–Trinajstić information content (AvgIpc) is 2.37. The molecule has 0 aliphatic rings. The Kier molecular flexibility index (Phi) is 6.63. The summed E-state index contributed by atoms with van der Waals surface area (Å²) >= 11 is 6.25. The van der Waals surface area contributed by atoms with Crippen LogP contribution in [-0.4, -0.2) is 26.3 Å². The highest BCUT2D eigenvalue weighted by atomic mass is 35.5. The summed E-state index contributed by atoms with van der Waals surface area (Å²) in [6, 6.07) is 3.92. The van der Waals surface area contributed by atoms with E-state index in [4.69, 9.17) is 21.1 Å². The second-order valence-electron chi connectivity index (χ2n) is 5.91. The Morgan fingerprint density at radius 1 is 1.10 bits per heavy atom. The van der Waals surface area contributed by atoms with Crippen LogP contribution in [-0.2, 0) is 6.42 Å². The molecule has 0 amide bonds. The first-order valence-corrected chi connectivity index (χ1v) is 7.41. The number of benzene rings is 1. The van der Waals surface area contributed by atoms with Crippen LogP contribution in [0.25, 0.3) is 0 Å². The van der Waals surface area contributed by atoms with Gasteiger partial charge in [-0.1, -0.05) is 17.7 Å². The Balaban J connectivity index is 2.54. The Morgan fingerprint density at radius 2 is 1.80 bits per heavy atom. The van der Waals surface area contributed by atoms with Gasteiger partial charge < -0.3 is 14.8 Å². The fraction of sp³-hybridized carbons (Fsp3) is 0.625. The van der Waals surface area contributed by atoms with Crippen LogP contribution in [0.5, 0.6) is 11.5 Å². The minimum atomic E-state index is 0.182. The van der Waals surface area contributed by atoms with Crippen LogP contribution in [0.4, 0.5) is 0 Å². The van der Waals surface area contributed by atoms with E-state index < -0.39 is 0 Å². The average molecular weight is 300 g/mol. The summed E-state index contributed by atoms with van der Waals surface area (Å²) in [6.07, 6.45) is 3.19. The minimum absolute atomic E-state index is 0.182. The number of hydrogen-bond donors (Lipinski definition) is 1. The largest absolute Gasteiger partial charge is 0.495 e. The zero-order valence-electron chi connectivity index (χ0n) is 13.2. The summed E-state index contributed by atoms with van der Waals surface area (Å²) in [5, 5.41) is 4.04. The molecule has 0 aliphatic carbocycles. The number of unbranched alkanes of at least 4 members (excludes halogenated alkanes) is 1. The van der Waals surface area contributed by atoms with Gasteiger partial charge in [-0.15, -0.1) is 0 Å². The van der Waals surface area contributed by atoms with Crippen molar-refractivity contribution in [2.45, 2.75) is 45.6 Å². The number of hydrogen-bond acceptors (Lipinski definition) is 3. The fourth-order valence-electron chi connectivity index (χ4n) is 2.06. The van der Waals surface area contributed by atoms with E-state index in [0.717, 1.165) is 37.1 Å². The molecule has 1 N–H and O–H groups in total. The predicted molar refractivity (Wildman–Crippen MR) is 85.2 cm³/mol. The molecule has 0 spiro atoms. The van der Waals surface area contributed by atoms with Gasteiger partial charge in [0, 0.05) is 5.54 Å². The molecule has 0 radical (unpaired) electrons. The third kappa shape index (κ3) is 5.22. The van der Waals surface area contributed by atoms with E-state index in [1.165, 1.54) is 0 Å². The summed E-state index contributed by atoms with van der Waals surface area (Å²) in [4.78, 5) is 0. The maximum atomic E-state index is 6.25. The highest BCUT2D eigenvalue weighted by molar-refractivity contribution is 6.33. The summed E-state index contributed by atoms with van der Waals surface area (Å²) in [5.74, 6) is 1.39. The molecule has 0 heterocycles. The molecule has 0 saturated heterocycles. The number of aryl methyl sites for hydroxylation is 1. The number of ether oxygens (including phenoxy) is 2. The Hall–Kier alpha value is -0.930. The van der Waals surface area contributed by atoms with E-state index in [-0.39, 0.29) is 5.54 Å². The molecule has 20 heavy (non-hydrogen) atoms. The maximum Gasteiger partial charge on any atom is 0.144 e. The standard InChI is InChI=1S/C16H26ClNO2/c1-16(2,3)18-11-7-6-8-12-9-10-13(19-4)14(17)15(12)20-5/h9-10,18H,6-8,11H2,1-5H3. The van der Waals surface area contributed by atoms with E-state index in [1.54, 1.807) is 14.2 Å². The van der Waals surface area contributed by atoms with E-state index >= 15 is 0 Å². The monoisotopic (exact) mass is 299 g/mol. The molecule has 4 heteroatoms. The van der Waals surface area contributed by atoms with Crippen molar-refractivity contribution in [2.75, 3.05) is 20.8 Å².